The molecule has 1 amide bonds. The number of carbonyl (C=O) groups excluding carboxylic acids is 1. The molecule has 1 aliphatic heterocycles. The van der Waals surface area contributed by atoms with Gasteiger partial charge < -0.3 is 10.1 Å². The van der Waals surface area contributed by atoms with Crippen molar-refractivity contribution in [3.63, 3.8) is 0 Å². The number of aromatic nitrogens is 1. The molecule has 6 heteroatoms. The molecule has 0 atom stereocenters. The highest BCUT2D eigenvalue weighted by Crippen LogP contribution is 2.25. The number of ether oxygens (including phenoxy) is 1. The van der Waals surface area contributed by atoms with Crippen molar-refractivity contribution in [2.45, 2.75) is 26.3 Å². The molecule has 1 aromatic heterocycles. The molecule has 1 aromatic rings. The van der Waals surface area contributed by atoms with Crippen LogP contribution >= 0.6 is 11.3 Å². The largest absolute Gasteiger partial charge is 0.372 e. The van der Waals surface area contributed by atoms with Crippen LogP contribution in [0.3, 0.4) is 0 Å². The summed E-state index contributed by atoms with van der Waals surface area (Å²) in [4.78, 5) is 17.1. The normalized spacial score (nSPS) is 14.4. The third kappa shape index (κ3) is 3.49. The zero-order chi connectivity index (χ0) is 12.1. The molecule has 2 rings (SSSR count). The molecule has 0 aromatic carbocycles. The van der Waals surface area contributed by atoms with E-state index in [0.717, 1.165) is 31.6 Å². The number of nitrogens with one attached hydrogen (secondary N) is 2. The molecule has 94 valence electrons. The quantitative estimate of drug-likeness (QED) is 0.775. The first-order valence-corrected chi connectivity index (χ1v) is 6.68. The lowest BCUT2D eigenvalue weighted by Crippen LogP contribution is -2.22. The van der Waals surface area contributed by atoms with E-state index < -0.39 is 0 Å². The lowest BCUT2D eigenvalue weighted by atomic mass is 10.2. The van der Waals surface area contributed by atoms with Gasteiger partial charge in [-0.15, -0.1) is 11.3 Å². The van der Waals surface area contributed by atoms with Gasteiger partial charge in [-0.3, -0.25) is 10.1 Å². The third-order valence-electron chi connectivity index (χ3n) is 2.43. The van der Waals surface area contributed by atoms with Crippen LogP contribution in [0.1, 0.15) is 23.9 Å². The monoisotopic (exact) mass is 255 g/mol. The maximum Gasteiger partial charge on any atom is 0.252 e. The minimum atomic E-state index is -0.127. The smallest absolute Gasteiger partial charge is 0.252 e. The van der Waals surface area contributed by atoms with Crippen molar-refractivity contribution in [1.29, 1.82) is 0 Å². The molecule has 1 aliphatic rings. The molecule has 0 bridgehead atoms. The van der Waals surface area contributed by atoms with Gasteiger partial charge in [0.05, 0.1) is 5.69 Å². The summed E-state index contributed by atoms with van der Waals surface area (Å²) >= 11 is 1.54. The fourth-order valence-electron chi connectivity index (χ4n) is 1.64. The Labute approximate surface area is 105 Å². The molecule has 5 nitrogen and oxygen atoms in total. The van der Waals surface area contributed by atoms with Crippen LogP contribution in [0, 0.1) is 0 Å². The van der Waals surface area contributed by atoms with Gasteiger partial charge in [0.15, 0.2) is 5.13 Å². The summed E-state index contributed by atoms with van der Waals surface area (Å²) in [5.74, 6) is -0.127. The van der Waals surface area contributed by atoms with Gasteiger partial charge in [-0.25, -0.2) is 4.98 Å². The number of hydrogen-bond acceptors (Lipinski definition) is 5. The number of fused-ring (bicyclic) bond motifs is 1. The summed E-state index contributed by atoms with van der Waals surface area (Å²) in [7, 11) is 0. The summed E-state index contributed by atoms with van der Waals surface area (Å²) in [5, 5.41) is 6.74. The number of amides is 1. The minimum Gasteiger partial charge on any atom is -0.372 e. The van der Waals surface area contributed by atoms with E-state index in [1.165, 1.54) is 4.88 Å². The second-order valence-electron chi connectivity index (χ2n) is 3.92. The van der Waals surface area contributed by atoms with Crippen LogP contribution in [0.5, 0.6) is 0 Å². The van der Waals surface area contributed by atoms with E-state index >= 15 is 0 Å². The van der Waals surface area contributed by atoms with Crippen LogP contribution in [0.25, 0.3) is 0 Å². The Morgan fingerprint density at radius 3 is 3.29 bits per heavy atom. The van der Waals surface area contributed by atoms with Crippen molar-refractivity contribution in [2.75, 3.05) is 25.1 Å². The molecule has 0 aliphatic carbocycles. The van der Waals surface area contributed by atoms with Crippen molar-refractivity contribution in [1.82, 2.24) is 10.3 Å². The number of anilines is 1. The van der Waals surface area contributed by atoms with Crippen LogP contribution < -0.4 is 10.6 Å². The molecule has 2 heterocycles. The first kappa shape index (κ1) is 12.5. The molecule has 0 unspecified atom stereocenters. The lowest BCUT2D eigenvalue weighted by Gasteiger charge is -2.09. The average molecular weight is 255 g/mol. The van der Waals surface area contributed by atoms with E-state index in [1.54, 1.807) is 11.3 Å². The van der Waals surface area contributed by atoms with E-state index in [0.29, 0.717) is 11.7 Å². The second-order valence-corrected chi connectivity index (χ2v) is 5.00. The van der Waals surface area contributed by atoms with Crippen LogP contribution in [-0.2, 0) is 22.5 Å². The molecule has 0 fully saturated rings. The summed E-state index contributed by atoms with van der Waals surface area (Å²) in [6.45, 7) is 4.56. The zero-order valence-corrected chi connectivity index (χ0v) is 10.7. The molecule has 0 saturated heterocycles. The number of carbonyl (C=O) groups is 1. The number of thiazole rings is 1. The highest BCUT2D eigenvalue weighted by Gasteiger charge is 2.15. The highest BCUT2D eigenvalue weighted by molar-refractivity contribution is 7.15. The lowest BCUT2D eigenvalue weighted by molar-refractivity contribution is -0.120. The van der Waals surface area contributed by atoms with Crippen LogP contribution in [-0.4, -0.2) is 30.6 Å². The maximum atomic E-state index is 11.5. The fourth-order valence-corrected chi connectivity index (χ4v) is 2.64. The van der Waals surface area contributed by atoms with Gasteiger partial charge in [-0.1, -0.05) is 6.92 Å². The molecular weight excluding hydrogens is 238 g/mol. The van der Waals surface area contributed by atoms with Crippen LogP contribution in [0.2, 0.25) is 0 Å². The molecule has 17 heavy (non-hydrogen) atoms. The zero-order valence-electron chi connectivity index (χ0n) is 9.91. The van der Waals surface area contributed by atoms with Crippen LogP contribution in [0.4, 0.5) is 5.13 Å². The number of rotatable bonds is 5. The summed E-state index contributed by atoms with van der Waals surface area (Å²) < 4.78 is 5.17. The standard InChI is InChI=1S/C11H17N3O2S/c1-2-5-16-7-10(15)14-11-13-8-3-4-12-6-9(8)17-11/h12H,2-7H2,1H3,(H,13,14,15). The van der Waals surface area contributed by atoms with E-state index in [4.69, 9.17) is 4.74 Å². The summed E-state index contributed by atoms with van der Waals surface area (Å²) in [6, 6.07) is 0. The molecule has 0 radical (unpaired) electrons. The third-order valence-corrected chi connectivity index (χ3v) is 3.44. The van der Waals surface area contributed by atoms with Crippen LogP contribution in [0.15, 0.2) is 0 Å². The van der Waals surface area contributed by atoms with Gasteiger partial charge in [-0.05, 0) is 6.42 Å². The van der Waals surface area contributed by atoms with E-state index in [1.807, 2.05) is 6.92 Å². The Kier molecular flexibility index (Phi) is 4.47. The van der Waals surface area contributed by atoms with Gasteiger partial charge in [0.2, 0.25) is 0 Å². The van der Waals surface area contributed by atoms with Crippen molar-refractivity contribution in [3.05, 3.63) is 10.6 Å². The number of hydrogen-bond donors (Lipinski definition) is 2. The highest BCUT2D eigenvalue weighted by atomic mass is 32.1. The topological polar surface area (TPSA) is 63.2 Å². The van der Waals surface area contributed by atoms with E-state index in [9.17, 15) is 4.79 Å². The summed E-state index contributed by atoms with van der Waals surface area (Å²) in [5.41, 5.74) is 1.11. The van der Waals surface area contributed by atoms with Gasteiger partial charge in [-0.2, -0.15) is 0 Å². The number of nitrogens with zero attached hydrogens (tertiary/aromatic N) is 1. The molecule has 0 saturated carbocycles. The van der Waals surface area contributed by atoms with Crippen molar-refractivity contribution >= 4 is 22.4 Å². The molecule has 2 N–H and O–H groups in total. The Balaban J connectivity index is 1.86. The van der Waals surface area contributed by atoms with Gasteiger partial charge in [0.25, 0.3) is 5.91 Å². The van der Waals surface area contributed by atoms with Crippen molar-refractivity contribution < 1.29 is 9.53 Å². The summed E-state index contributed by atoms with van der Waals surface area (Å²) in [6.07, 6.45) is 1.86. The fraction of sp³-hybridized carbons (Fsp3) is 0.636. The predicted octanol–water partition coefficient (Wildman–Crippen LogP) is 1.15. The van der Waals surface area contributed by atoms with Gasteiger partial charge in [0, 0.05) is 31.0 Å². The van der Waals surface area contributed by atoms with Crippen molar-refractivity contribution in [2.24, 2.45) is 0 Å². The maximum absolute atomic E-state index is 11.5. The average Bonchev–Trinajstić information content (AvgIpc) is 2.71. The van der Waals surface area contributed by atoms with Gasteiger partial charge >= 0.3 is 0 Å². The van der Waals surface area contributed by atoms with E-state index in [2.05, 4.69) is 15.6 Å². The minimum absolute atomic E-state index is 0.107. The van der Waals surface area contributed by atoms with E-state index in [-0.39, 0.29) is 12.5 Å². The predicted molar refractivity (Wildman–Crippen MR) is 67.3 cm³/mol. The second kappa shape index (κ2) is 6.09. The Morgan fingerprint density at radius 2 is 2.53 bits per heavy atom. The Hall–Kier alpha value is -0.980. The first-order chi connectivity index (χ1) is 8.29. The van der Waals surface area contributed by atoms with Gasteiger partial charge in [0.1, 0.15) is 6.61 Å². The SMILES string of the molecule is CCCOCC(=O)Nc1nc2c(s1)CNCC2. The Morgan fingerprint density at radius 1 is 1.65 bits per heavy atom. The first-order valence-electron chi connectivity index (χ1n) is 5.86. The van der Waals surface area contributed by atoms with Crippen molar-refractivity contribution in [3.8, 4) is 0 Å². The Bertz CT molecular complexity index is 369. The molecule has 0 spiro atoms. The molecular formula is C11H17N3O2S.